The van der Waals surface area contributed by atoms with Crippen molar-refractivity contribution >= 4 is 5.82 Å². The van der Waals surface area contributed by atoms with Gasteiger partial charge in [0.2, 0.25) is 6.79 Å². The van der Waals surface area contributed by atoms with Gasteiger partial charge in [-0.2, -0.15) is 0 Å². The van der Waals surface area contributed by atoms with E-state index in [1.54, 1.807) is 24.5 Å². The third kappa shape index (κ3) is 4.67. The quantitative estimate of drug-likeness (QED) is 0.437. The maximum Gasteiger partial charge on any atom is 0.260 e. The predicted octanol–water partition coefficient (Wildman–Crippen LogP) is 5.70. The van der Waals surface area contributed by atoms with Crippen molar-refractivity contribution in [3.05, 3.63) is 36.7 Å². The van der Waals surface area contributed by atoms with Crippen LogP contribution in [0.5, 0.6) is 17.4 Å². The number of phenolic OH excluding ortho intramolecular Hbond substituents is 1. The average Bonchev–Trinajstić information content (AvgIpc) is 3.62. The van der Waals surface area contributed by atoms with Crippen molar-refractivity contribution < 1.29 is 19.0 Å². The van der Waals surface area contributed by atoms with Gasteiger partial charge in [-0.3, -0.25) is 0 Å². The van der Waals surface area contributed by atoms with Gasteiger partial charge in [0, 0.05) is 17.8 Å². The van der Waals surface area contributed by atoms with Crippen molar-refractivity contribution in [3.63, 3.8) is 0 Å². The Labute approximate surface area is 215 Å². The van der Waals surface area contributed by atoms with E-state index in [2.05, 4.69) is 38.9 Å². The molecule has 9 heteroatoms. The van der Waals surface area contributed by atoms with Crippen LogP contribution >= 0.6 is 0 Å². The Balaban J connectivity index is 1.24. The first-order chi connectivity index (χ1) is 17.9. The first-order valence-electron chi connectivity index (χ1n) is 13.2. The number of aromatic nitrogens is 4. The highest BCUT2D eigenvalue weighted by Crippen LogP contribution is 2.46. The van der Waals surface area contributed by atoms with Crippen LogP contribution in [0, 0.1) is 5.41 Å². The van der Waals surface area contributed by atoms with E-state index in [1.165, 1.54) is 0 Å². The zero-order chi connectivity index (χ0) is 25.6. The van der Waals surface area contributed by atoms with Gasteiger partial charge in [-0.05, 0) is 67.7 Å². The number of hydrogen-bond donors (Lipinski definition) is 1. The summed E-state index contributed by atoms with van der Waals surface area (Å²) in [5.41, 5.74) is 2.20. The molecule has 0 amide bonds. The highest BCUT2D eigenvalue weighted by Gasteiger charge is 2.45. The number of fused-ring (bicyclic) bond motifs is 1. The lowest BCUT2D eigenvalue weighted by molar-refractivity contribution is 0.0994. The zero-order valence-corrected chi connectivity index (χ0v) is 21.2. The van der Waals surface area contributed by atoms with Crippen LogP contribution in [0.25, 0.3) is 22.5 Å². The lowest BCUT2D eigenvalue weighted by Crippen LogP contribution is -2.50. The third-order valence-electron chi connectivity index (χ3n) is 7.91. The fourth-order valence-corrected chi connectivity index (χ4v) is 5.86. The summed E-state index contributed by atoms with van der Waals surface area (Å²) in [6.45, 7) is 4.64. The first-order valence-corrected chi connectivity index (χ1v) is 13.2. The van der Waals surface area contributed by atoms with Crippen molar-refractivity contribution in [2.75, 3.05) is 11.7 Å². The van der Waals surface area contributed by atoms with E-state index in [4.69, 9.17) is 9.47 Å². The summed E-state index contributed by atoms with van der Waals surface area (Å²) in [4.78, 5) is 10.9. The van der Waals surface area contributed by atoms with Gasteiger partial charge in [-0.25, -0.2) is 14.4 Å². The molecule has 6 rings (SSSR count). The number of hydrogen-bond acceptors (Lipinski definition) is 8. The fourth-order valence-electron chi connectivity index (χ4n) is 5.86. The second kappa shape index (κ2) is 9.43. The summed E-state index contributed by atoms with van der Waals surface area (Å²) in [5, 5.41) is 19.6. The van der Waals surface area contributed by atoms with Crippen LogP contribution in [0.15, 0.2) is 36.7 Å². The molecule has 0 unspecified atom stereocenters. The number of nitrogens with zero attached hydrogens (tertiary/aromatic N) is 5. The second-order valence-electron chi connectivity index (χ2n) is 10.8. The van der Waals surface area contributed by atoms with Crippen molar-refractivity contribution in [2.45, 2.75) is 77.0 Å². The van der Waals surface area contributed by atoms with Gasteiger partial charge in [0.25, 0.3) is 5.88 Å². The average molecular weight is 506 g/mol. The number of alkyl halides is 1. The molecule has 3 aliphatic rings. The Kier molecular flexibility index (Phi) is 6.09. The predicted molar refractivity (Wildman–Crippen MR) is 137 cm³/mol. The van der Waals surface area contributed by atoms with E-state index in [9.17, 15) is 5.11 Å². The Morgan fingerprint density at radius 3 is 2.68 bits per heavy atom. The highest BCUT2D eigenvalue weighted by atomic mass is 19.1. The smallest absolute Gasteiger partial charge is 0.260 e. The number of benzene rings is 1. The van der Waals surface area contributed by atoms with Gasteiger partial charge < -0.3 is 19.5 Å². The molecule has 8 nitrogen and oxygen atoms in total. The molecule has 2 saturated carbocycles. The minimum atomic E-state index is -0.880. The molecule has 0 bridgehead atoms. The summed E-state index contributed by atoms with van der Waals surface area (Å²) < 4.78 is 25.9. The van der Waals surface area contributed by atoms with E-state index in [0.29, 0.717) is 35.3 Å². The van der Waals surface area contributed by atoms with Crippen molar-refractivity contribution in [1.29, 1.82) is 0 Å². The summed E-state index contributed by atoms with van der Waals surface area (Å²) in [6.07, 6.45) is 9.09. The van der Waals surface area contributed by atoms with Gasteiger partial charge in [-0.1, -0.05) is 26.3 Å². The van der Waals surface area contributed by atoms with E-state index in [-0.39, 0.29) is 30.0 Å². The molecule has 3 atom stereocenters. The summed E-state index contributed by atoms with van der Waals surface area (Å²) in [6, 6.07) is 7.19. The summed E-state index contributed by atoms with van der Waals surface area (Å²) in [5.74, 6) is 2.01. The monoisotopic (exact) mass is 505 g/mol. The molecule has 2 aromatic heterocycles. The first kappa shape index (κ1) is 23.9. The lowest BCUT2D eigenvalue weighted by Gasteiger charge is -2.45. The Morgan fingerprint density at radius 2 is 1.95 bits per heavy atom. The van der Waals surface area contributed by atoms with Crippen LogP contribution in [0.1, 0.15) is 58.8 Å². The van der Waals surface area contributed by atoms with Crippen molar-refractivity contribution in [3.8, 4) is 39.9 Å². The standard InChI is InChI=1S/C28H32FN5O3/c1-3-9-28(2)10-8-21(29)22(13-28)34(19-5-6-19)25-15-30-26(33-32-25)20-7-4-17(11-23(20)35)18-12-24-27(31-14-18)37-16-36-24/h4,7,11-12,14-15,19,21-22,35H,3,5-6,8-10,13,16H2,1-2H3/t21-,22+,28+/m0/s1. The molecular weight excluding hydrogens is 473 g/mol. The van der Waals surface area contributed by atoms with E-state index < -0.39 is 6.17 Å². The summed E-state index contributed by atoms with van der Waals surface area (Å²) >= 11 is 0. The second-order valence-corrected chi connectivity index (χ2v) is 10.8. The zero-order valence-electron chi connectivity index (χ0n) is 21.2. The molecule has 2 aliphatic carbocycles. The molecule has 3 aromatic rings. The largest absolute Gasteiger partial charge is 0.507 e. The van der Waals surface area contributed by atoms with Gasteiger partial charge in [0.1, 0.15) is 11.9 Å². The van der Waals surface area contributed by atoms with E-state index in [0.717, 1.165) is 49.7 Å². The minimum absolute atomic E-state index is 0.0372. The van der Waals surface area contributed by atoms with E-state index in [1.807, 2.05) is 12.1 Å². The van der Waals surface area contributed by atoms with Crippen LogP contribution < -0.4 is 14.4 Å². The molecular formula is C28H32FN5O3. The number of halogens is 1. The molecule has 1 N–H and O–H groups in total. The lowest BCUT2D eigenvalue weighted by atomic mass is 9.70. The van der Waals surface area contributed by atoms with Crippen LogP contribution in [0.3, 0.4) is 0 Å². The maximum atomic E-state index is 15.2. The number of pyridine rings is 1. The maximum absolute atomic E-state index is 15.2. The topological polar surface area (TPSA) is 93.5 Å². The molecule has 3 heterocycles. The third-order valence-corrected chi connectivity index (χ3v) is 7.91. The van der Waals surface area contributed by atoms with Gasteiger partial charge in [-0.15, -0.1) is 10.2 Å². The van der Waals surface area contributed by atoms with Gasteiger partial charge >= 0.3 is 0 Å². The van der Waals surface area contributed by atoms with E-state index >= 15 is 4.39 Å². The molecule has 0 spiro atoms. The van der Waals surface area contributed by atoms with Gasteiger partial charge in [0.05, 0.1) is 17.8 Å². The molecule has 0 saturated heterocycles. The normalized spacial score (nSPS) is 24.7. The molecule has 1 aliphatic heterocycles. The SMILES string of the molecule is CCC[C@]1(C)CC[C@H](F)[C@H](N(c2cnc(-c3ccc(-c4cnc5c(c4)OCO5)cc3O)nn2)C2CC2)C1. The van der Waals surface area contributed by atoms with Gasteiger partial charge in [0.15, 0.2) is 17.4 Å². The summed E-state index contributed by atoms with van der Waals surface area (Å²) in [7, 11) is 0. The Hall–Kier alpha value is -3.49. The number of rotatable bonds is 7. The van der Waals surface area contributed by atoms with Crippen molar-refractivity contribution in [2.24, 2.45) is 5.41 Å². The van der Waals surface area contributed by atoms with Crippen LogP contribution in [0.2, 0.25) is 0 Å². The minimum Gasteiger partial charge on any atom is -0.507 e. The number of ether oxygens (including phenoxy) is 2. The Morgan fingerprint density at radius 1 is 1.08 bits per heavy atom. The molecule has 194 valence electrons. The molecule has 1 aromatic carbocycles. The molecule has 37 heavy (non-hydrogen) atoms. The number of phenols is 1. The van der Waals surface area contributed by atoms with Crippen molar-refractivity contribution in [1.82, 2.24) is 20.2 Å². The van der Waals surface area contributed by atoms with Crippen LogP contribution in [-0.2, 0) is 0 Å². The fraction of sp³-hybridized carbons (Fsp3) is 0.500. The Bertz CT molecular complexity index is 1290. The molecule has 0 radical (unpaired) electrons. The number of anilines is 1. The number of aromatic hydroxyl groups is 1. The molecule has 2 fully saturated rings. The van der Waals surface area contributed by atoms with Crippen LogP contribution in [-0.4, -0.2) is 50.3 Å². The van der Waals surface area contributed by atoms with Crippen LogP contribution in [0.4, 0.5) is 10.2 Å². The highest BCUT2D eigenvalue weighted by molar-refractivity contribution is 5.73.